The molecule has 0 atom stereocenters. The number of aromatic nitrogens is 6. The van der Waals surface area contributed by atoms with E-state index in [1.807, 2.05) is 29.1 Å². The fraction of sp³-hybridized carbons (Fsp3) is 0.263. The van der Waals surface area contributed by atoms with Crippen molar-refractivity contribution >= 4 is 22.5 Å². The molecule has 0 saturated heterocycles. The number of hydrogen-bond acceptors (Lipinski definition) is 5. The highest BCUT2D eigenvalue weighted by Crippen LogP contribution is 2.31. The average molecular weight is 347 g/mol. The number of aromatic amines is 1. The summed E-state index contributed by atoms with van der Waals surface area (Å²) in [5.74, 6) is 1.03. The van der Waals surface area contributed by atoms with Crippen molar-refractivity contribution in [3.05, 3.63) is 54.2 Å². The lowest BCUT2D eigenvalue weighted by Gasteiger charge is -2.14. The second kappa shape index (κ2) is 6.59. The van der Waals surface area contributed by atoms with E-state index in [2.05, 4.69) is 63.5 Å². The summed E-state index contributed by atoms with van der Waals surface area (Å²) in [6.07, 6.45) is 4.21. The van der Waals surface area contributed by atoms with Gasteiger partial charge in [0.05, 0.1) is 28.7 Å². The summed E-state index contributed by atoms with van der Waals surface area (Å²) in [5, 5.41) is 16.3. The molecule has 3 heterocycles. The van der Waals surface area contributed by atoms with Crippen LogP contribution in [0.1, 0.15) is 38.1 Å². The summed E-state index contributed by atoms with van der Waals surface area (Å²) in [5.41, 5.74) is 4.76. The van der Waals surface area contributed by atoms with Crippen molar-refractivity contribution in [3.63, 3.8) is 0 Å². The predicted octanol–water partition coefficient (Wildman–Crippen LogP) is 3.97. The summed E-state index contributed by atoms with van der Waals surface area (Å²) in [6.45, 7) is 6.40. The number of nitrogens with one attached hydrogen (secondary N) is 2. The number of benzene rings is 1. The van der Waals surface area contributed by atoms with Gasteiger partial charge in [-0.15, -0.1) is 0 Å². The maximum atomic E-state index is 4.60. The molecule has 3 aromatic heterocycles. The van der Waals surface area contributed by atoms with Gasteiger partial charge in [0.1, 0.15) is 12.1 Å². The minimum absolute atomic E-state index is 0.285. The minimum Gasteiger partial charge on any atom is -0.337 e. The molecule has 2 N–H and O–H groups in total. The zero-order valence-corrected chi connectivity index (χ0v) is 15.1. The quantitative estimate of drug-likeness (QED) is 0.571. The Morgan fingerprint density at radius 3 is 2.69 bits per heavy atom. The Morgan fingerprint density at radius 2 is 1.96 bits per heavy atom. The molecule has 132 valence electrons. The van der Waals surface area contributed by atoms with E-state index in [4.69, 9.17) is 0 Å². The minimum atomic E-state index is 0.285. The van der Waals surface area contributed by atoms with Gasteiger partial charge in [-0.25, -0.2) is 14.6 Å². The molecule has 0 unspecified atom stereocenters. The van der Waals surface area contributed by atoms with Crippen molar-refractivity contribution in [2.24, 2.45) is 0 Å². The molecule has 4 aromatic rings. The molecule has 0 aliphatic heterocycles. The molecule has 4 rings (SSSR count). The Morgan fingerprint density at radius 1 is 1.15 bits per heavy atom. The summed E-state index contributed by atoms with van der Waals surface area (Å²) >= 11 is 0. The van der Waals surface area contributed by atoms with Gasteiger partial charge >= 0.3 is 0 Å². The first-order valence-electron chi connectivity index (χ1n) is 8.77. The lowest BCUT2D eigenvalue weighted by molar-refractivity contribution is 0.735. The van der Waals surface area contributed by atoms with E-state index in [1.165, 1.54) is 6.33 Å². The van der Waals surface area contributed by atoms with Gasteiger partial charge in [0.15, 0.2) is 5.65 Å². The van der Waals surface area contributed by atoms with Crippen LogP contribution in [0.2, 0.25) is 0 Å². The van der Waals surface area contributed by atoms with Gasteiger partial charge in [0.2, 0.25) is 0 Å². The summed E-state index contributed by atoms with van der Waals surface area (Å²) in [6, 6.07) is 10.1. The summed E-state index contributed by atoms with van der Waals surface area (Å²) in [7, 11) is 0. The van der Waals surface area contributed by atoms with Crippen molar-refractivity contribution in [1.29, 1.82) is 0 Å². The molecule has 0 bridgehead atoms. The molecule has 0 saturated carbocycles. The van der Waals surface area contributed by atoms with Crippen LogP contribution in [0.5, 0.6) is 0 Å². The third-order valence-corrected chi connectivity index (χ3v) is 4.39. The van der Waals surface area contributed by atoms with E-state index < -0.39 is 0 Å². The Kier molecular flexibility index (Phi) is 4.12. The average Bonchev–Trinajstić information content (AvgIpc) is 3.27. The van der Waals surface area contributed by atoms with Gasteiger partial charge in [-0.3, -0.25) is 5.10 Å². The topological polar surface area (TPSA) is 84.3 Å². The normalized spacial score (nSPS) is 11.4. The van der Waals surface area contributed by atoms with Crippen LogP contribution in [0.3, 0.4) is 0 Å². The van der Waals surface area contributed by atoms with Crippen molar-refractivity contribution in [2.75, 3.05) is 5.32 Å². The van der Waals surface area contributed by atoms with Crippen LogP contribution in [0.25, 0.3) is 16.7 Å². The third-order valence-electron chi connectivity index (χ3n) is 4.39. The SMILES string of the molecule is CCc1[nH]nc2ncnc(Nc3cnn(-c4ccccc4)c3C(C)C)c12. The molecular formula is C19H21N7. The lowest BCUT2D eigenvalue weighted by atomic mass is 10.1. The highest BCUT2D eigenvalue weighted by molar-refractivity contribution is 5.90. The van der Waals surface area contributed by atoms with E-state index in [-0.39, 0.29) is 5.92 Å². The van der Waals surface area contributed by atoms with Gasteiger partial charge in [0, 0.05) is 5.69 Å². The van der Waals surface area contributed by atoms with Crippen LogP contribution in [-0.4, -0.2) is 29.9 Å². The Labute approximate surface area is 151 Å². The largest absolute Gasteiger partial charge is 0.337 e. The van der Waals surface area contributed by atoms with E-state index in [1.54, 1.807) is 0 Å². The van der Waals surface area contributed by atoms with E-state index >= 15 is 0 Å². The number of aryl methyl sites for hydroxylation is 1. The fourth-order valence-electron chi connectivity index (χ4n) is 3.18. The molecule has 0 radical (unpaired) electrons. The van der Waals surface area contributed by atoms with Crippen molar-refractivity contribution in [2.45, 2.75) is 33.1 Å². The maximum absolute atomic E-state index is 4.60. The molecule has 0 fully saturated rings. The number of fused-ring (bicyclic) bond motifs is 1. The van der Waals surface area contributed by atoms with Crippen LogP contribution in [0.4, 0.5) is 11.5 Å². The number of H-pyrrole nitrogens is 1. The van der Waals surface area contributed by atoms with E-state index in [9.17, 15) is 0 Å². The first-order chi connectivity index (χ1) is 12.7. The lowest BCUT2D eigenvalue weighted by Crippen LogP contribution is -2.06. The predicted molar refractivity (Wildman–Crippen MR) is 102 cm³/mol. The Balaban J connectivity index is 1.81. The first-order valence-corrected chi connectivity index (χ1v) is 8.77. The molecule has 0 spiro atoms. The number of anilines is 2. The zero-order valence-electron chi connectivity index (χ0n) is 15.1. The number of rotatable bonds is 5. The Hall–Kier alpha value is -3.22. The van der Waals surface area contributed by atoms with E-state index in [0.717, 1.165) is 40.4 Å². The molecule has 7 nitrogen and oxygen atoms in total. The summed E-state index contributed by atoms with van der Waals surface area (Å²) in [4.78, 5) is 8.69. The van der Waals surface area contributed by atoms with Crippen LogP contribution in [0, 0.1) is 0 Å². The van der Waals surface area contributed by atoms with Crippen molar-refractivity contribution < 1.29 is 0 Å². The van der Waals surface area contributed by atoms with Gasteiger partial charge in [-0.2, -0.15) is 10.2 Å². The molecule has 1 aromatic carbocycles. The van der Waals surface area contributed by atoms with Gasteiger partial charge in [-0.05, 0) is 24.5 Å². The molecular weight excluding hydrogens is 326 g/mol. The number of para-hydroxylation sites is 1. The maximum Gasteiger partial charge on any atom is 0.186 e. The Bertz CT molecular complexity index is 1030. The van der Waals surface area contributed by atoms with Crippen molar-refractivity contribution in [1.82, 2.24) is 29.9 Å². The van der Waals surface area contributed by atoms with Crippen LogP contribution < -0.4 is 5.32 Å². The number of nitrogens with zero attached hydrogens (tertiary/aromatic N) is 5. The van der Waals surface area contributed by atoms with Crippen LogP contribution >= 0.6 is 0 Å². The first kappa shape index (κ1) is 16.3. The molecule has 0 amide bonds. The highest BCUT2D eigenvalue weighted by atomic mass is 15.3. The third kappa shape index (κ3) is 2.71. The van der Waals surface area contributed by atoms with Gasteiger partial charge < -0.3 is 5.32 Å². The summed E-state index contributed by atoms with van der Waals surface area (Å²) < 4.78 is 1.97. The van der Waals surface area contributed by atoms with Gasteiger partial charge in [-0.1, -0.05) is 39.0 Å². The smallest absolute Gasteiger partial charge is 0.186 e. The monoisotopic (exact) mass is 347 g/mol. The standard InChI is InChI=1S/C19H21N7/c1-4-14-16-18(20-11-21-19(16)25-24-14)23-15-10-22-26(17(15)12(2)3)13-8-6-5-7-9-13/h5-12H,4H2,1-3H3,(H2,20,21,23,24,25). The second-order valence-corrected chi connectivity index (χ2v) is 6.45. The fourth-order valence-corrected chi connectivity index (χ4v) is 3.18. The molecule has 0 aliphatic rings. The second-order valence-electron chi connectivity index (χ2n) is 6.45. The molecule has 26 heavy (non-hydrogen) atoms. The van der Waals surface area contributed by atoms with E-state index in [0.29, 0.717) is 5.65 Å². The van der Waals surface area contributed by atoms with Crippen LogP contribution in [0.15, 0.2) is 42.9 Å². The number of hydrogen-bond donors (Lipinski definition) is 2. The molecule has 0 aliphatic carbocycles. The highest BCUT2D eigenvalue weighted by Gasteiger charge is 2.18. The van der Waals surface area contributed by atoms with Gasteiger partial charge in [0.25, 0.3) is 0 Å². The molecule has 7 heteroatoms. The van der Waals surface area contributed by atoms with Crippen LogP contribution in [-0.2, 0) is 6.42 Å². The van der Waals surface area contributed by atoms with Crippen molar-refractivity contribution in [3.8, 4) is 5.69 Å². The zero-order chi connectivity index (χ0) is 18.1.